The zero-order chi connectivity index (χ0) is 19.2. The standard InChI is InChI=1S/C19H23N3O5/c1-3-26-17(24)11-10-16(23)22-12-4-5-15(22)19-20-18(21-27-19)13-6-8-14(25-2)9-7-13/h6-9,15H,3-5,10-12H2,1-2H3. The maximum Gasteiger partial charge on any atom is 0.306 e. The second kappa shape index (κ2) is 8.66. The van der Waals surface area contributed by atoms with E-state index in [9.17, 15) is 9.59 Å². The van der Waals surface area contributed by atoms with Gasteiger partial charge >= 0.3 is 5.97 Å². The number of ether oxygens (including phenoxy) is 2. The van der Waals surface area contributed by atoms with Gasteiger partial charge in [-0.3, -0.25) is 9.59 Å². The molecule has 8 nitrogen and oxygen atoms in total. The van der Waals surface area contributed by atoms with Crippen LogP contribution >= 0.6 is 0 Å². The van der Waals surface area contributed by atoms with Crippen molar-refractivity contribution in [3.05, 3.63) is 30.2 Å². The summed E-state index contributed by atoms with van der Waals surface area (Å²) in [5, 5.41) is 4.04. The lowest BCUT2D eigenvalue weighted by Gasteiger charge is -2.21. The lowest BCUT2D eigenvalue weighted by Crippen LogP contribution is -2.31. The smallest absolute Gasteiger partial charge is 0.306 e. The number of hydrogen-bond donors (Lipinski definition) is 0. The van der Waals surface area contributed by atoms with Crippen LogP contribution in [0.25, 0.3) is 11.4 Å². The number of carbonyl (C=O) groups excluding carboxylic acids is 2. The monoisotopic (exact) mass is 373 g/mol. The lowest BCUT2D eigenvalue weighted by molar-refractivity contribution is -0.146. The zero-order valence-corrected chi connectivity index (χ0v) is 15.5. The number of esters is 1. The Morgan fingerprint density at radius 3 is 2.74 bits per heavy atom. The molecule has 0 radical (unpaired) electrons. The van der Waals surface area contributed by atoms with Gasteiger partial charge in [-0.2, -0.15) is 4.98 Å². The summed E-state index contributed by atoms with van der Waals surface area (Å²) in [6.07, 6.45) is 1.82. The molecule has 2 aromatic rings. The Bertz CT molecular complexity index is 787. The highest BCUT2D eigenvalue weighted by Crippen LogP contribution is 2.32. The van der Waals surface area contributed by atoms with E-state index < -0.39 is 0 Å². The van der Waals surface area contributed by atoms with Gasteiger partial charge in [0.25, 0.3) is 0 Å². The summed E-state index contributed by atoms with van der Waals surface area (Å²) in [5.74, 6) is 1.17. The molecule has 27 heavy (non-hydrogen) atoms. The molecule has 1 unspecified atom stereocenters. The Morgan fingerprint density at radius 1 is 1.26 bits per heavy atom. The molecule has 0 aliphatic carbocycles. The van der Waals surface area contributed by atoms with Crippen LogP contribution in [0.15, 0.2) is 28.8 Å². The molecule has 3 rings (SSSR count). The highest BCUT2D eigenvalue weighted by molar-refractivity contribution is 5.81. The van der Waals surface area contributed by atoms with Crippen molar-refractivity contribution in [2.75, 3.05) is 20.3 Å². The quantitative estimate of drug-likeness (QED) is 0.689. The molecule has 1 aromatic carbocycles. The van der Waals surface area contributed by atoms with E-state index in [2.05, 4.69) is 10.1 Å². The number of amides is 1. The van der Waals surface area contributed by atoms with E-state index in [1.165, 1.54) is 0 Å². The number of hydrogen-bond acceptors (Lipinski definition) is 7. The molecule has 8 heteroatoms. The molecular weight excluding hydrogens is 350 g/mol. The molecule has 1 amide bonds. The van der Waals surface area contributed by atoms with Crippen LogP contribution in [0.3, 0.4) is 0 Å². The van der Waals surface area contributed by atoms with Crippen LogP contribution < -0.4 is 4.74 Å². The van der Waals surface area contributed by atoms with E-state index in [0.717, 1.165) is 24.2 Å². The maximum atomic E-state index is 12.5. The number of methoxy groups -OCH3 is 1. The molecule has 0 saturated carbocycles. The second-order valence-corrected chi connectivity index (χ2v) is 6.23. The first-order valence-corrected chi connectivity index (χ1v) is 9.05. The maximum absolute atomic E-state index is 12.5. The van der Waals surface area contributed by atoms with Crippen molar-refractivity contribution in [1.29, 1.82) is 0 Å². The largest absolute Gasteiger partial charge is 0.497 e. The minimum atomic E-state index is -0.360. The van der Waals surface area contributed by atoms with E-state index in [-0.39, 0.29) is 30.8 Å². The summed E-state index contributed by atoms with van der Waals surface area (Å²) in [4.78, 5) is 30.2. The fourth-order valence-corrected chi connectivity index (χ4v) is 3.14. The SMILES string of the molecule is CCOC(=O)CCC(=O)N1CCCC1c1nc(-c2ccc(OC)cc2)no1. The topological polar surface area (TPSA) is 94.8 Å². The summed E-state index contributed by atoms with van der Waals surface area (Å²) in [7, 11) is 1.61. The van der Waals surface area contributed by atoms with Crippen molar-refractivity contribution in [3.8, 4) is 17.1 Å². The fourth-order valence-electron chi connectivity index (χ4n) is 3.14. The average Bonchev–Trinajstić information content (AvgIpc) is 3.35. The van der Waals surface area contributed by atoms with Crippen LogP contribution in [-0.2, 0) is 14.3 Å². The first-order chi connectivity index (χ1) is 13.1. The van der Waals surface area contributed by atoms with E-state index >= 15 is 0 Å². The minimum absolute atomic E-state index is 0.0802. The van der Waals surface area contributed by atoms with Gasteiger partial charge in [0.15, 0.2) is 0 Å². The van der Waals surface area contributed by atoms with Crippen molar-refractivity contribution in [2.24, 2.45) is 0 Å². The minimum Gasteiger partial charge on any atom is -0.497 e. The molecule has 1 fully saturated rings. The third-order valence-electron chi connectivity index (χ3n) is 4.50. The van der Waals surface area contributed by atoms with Gasteiger partial charge in [0.2, 0.25) is 17.6 Å². The normalized spacial score (nSPS) is 16.4. The molecule has 1 saturated heterocycles. The average molecular weight is 373 g/mol. The van der Waals surface area contributed by atoms with Crippen LogP contribution in [0.5, 0.6) is 5.75 Å². The molecule has 144 valence electrons. The van der Waals surface area contributed by atoms with Crippen LogP contribution in [-0.4, -0.2) is 47.2 Å². The van der Waals surface area contributed by atoms with E-state index in [4.69, 9.17) is 14.0 Å². The number of likely N-dealkylation sites (tertiary alicyclic amines) is 1. The van der Waals surface area contributed by atoms with Gasteiger partial charge in [-0.25, -0.2) is 0 Å². The van der Waals surface area contributed by atoms with Gasteiger partial charge in [0, 0.05) is 18.5 Å². The van der Waals surface area contributed by atoms with Crippen LogP contribution in [0.2, 0.25) is 0 Å². The van der Waals surface area contributed by atoms with Gasteiger partial charge in [0.1, 0.15) is 11.8 Å². The molecule has 1 aliphatic rings. The first kappa shape index (κ1) is 18.9. The number of rotatable bonds is 7. The zero-order valence-electron chi connectivity index (χ0n) is 15.5. The van der Waals surface area contributed by atoms with Crippen molar-refractivity contribution < 1.29 is 23.6 Å². The van der Waals surface area contributed by atoms with E-state index in [1.807, 2.05) is 24.3 Å². The Morgan fingerprint density at radius 2 is 2.04 bits per heavy atom. The second-order valence-electron chi connectivity index (χ2n) is 6.23. The van der Waals surface area contributed by atoms with E-state index in [0.29, 0.717) is 24.9 Å². The summed E-state index contributed by atoms with van der Waals surface area (Å²) in [6, 6.07) is 7.10. The van der Waals surface area contributed by atoms with Crippen molar-refractivity contribution >= 4 is 11.9 Å². The third-order valence-corrected chi connectivity index (χ3v) is 4.50. The summed E-state index contributed by atoms with van der Waals surface area (Å²) >= 11 is 0. The molecule has 0 N–H and O–H groups in total. The molecular formula is C19H23N3O5. The Hall–Kier alpha value is -2.90. The summed E-state index contributed by atoms with van der Waals surface area (Å²) in [5.41, 5.74) is 0.809. The van der Waals surface area contributed by atoms with Crippen LogP contribution in [0, 0.1) is 0 Å². The number of nitrogens with zero attached hydrogens (tertiary/aromatic N) is 3. The van der Waals surface area contributed by atoms with Crippen LogP contribution in [0.4, 0.5) is 0 Å². The van der Waals surface area contributed by atoms with Gasteiger partial charge < -0.3 is 18.9 Å². The van der Waals surface area contributed by atoms with Gasteiger partial charge in [-0.15, -0.1) is 0 Å². The van der Waals surface area contributed by atoms with Crippen molar-refractivity contribution in [2.45, 2.75) is 38.6 Å². The molecule has 0 bridgehead atoms. The number of carbonyl (C=O) groups is 2. The summed E-state index contributed by atoms with van der Waals surface area (Å²) < 4.78 is 15.4. The lowest BCUT2D eigenvalue weighted by atomic mass is 10.2. The Balaban J connectivity index is 1.67. The van der Waals surface area contributed by atoms with Gasteiger partial charge in [-0.1, -0.05) is 5.16 Å². The first-order valence-electron chi connectivity index (χ1n) is 9.05. The number of aromatic nitrogens is 2. The molecule has 2 heterocycles. The number of benzene rings is 1. The Kier molecular flexibility index (Phi) is 6.05. The predicted octanol–water partition coefficient (Wildman–Crippen LogP) is 2.75. The van der Waals surface area contributed by atoms with E-state index in [1.54, 1.807) is 18.9 Å². The van der Waals surface area contributed by atoms with Gasteiger partial charge in [-0.05, 0) is 44.0 Å². The summed E-state index contributed by atoms with van der Waals surface area (Å²) in [6.45, 7) is 2.67. The van der Waals surface area contributed by atoms with Crippen molar-refractivity contribution in [3.63, 3.8) is 0 Å². The van der Waals surface area contributed by atoms with Crippen LogP contribution in [0.1, 0.15) is 44.5 Å². The molecule has 1 aliphatic heterocycles. The molecule has 0 spiro atoms. The highest BCUT2D eigenvalue weighted by Gasteiger charge is 2.34. The van der Waals surface area contributed by atoms with Crippen molar-refractivity contribution in [1.82, 2.24) is 15.0 Å². The molecule has 1 atom stereocenters. The predicted molar refractivity (Wildman–Crippen MR) is 95.8 cm³/mol. The van der Waals surface area contributed by atoms with Gasteiger partial charge in [0.05, 0.1) is 20.1 Å². The third kappa shape index (κ3) is 4.45. The fraction of sp³-hybridized carbons (Fsp3) is 0.474. The highest BCUT2D eigenvalue weighted by atomic mass is 16.5. The Labute approximate surface area is 157 Å². The molecule has 1 aromatic heterocycles.